The van der Waals surface area contributed by atoms with E-state index in [1.54, 1.807) is 4.68 Å². The number of aliphatic hydroxyl groups is 1. The molecule has 0 atom stereocenters. The van der Waals surface area contributed by atoms with Gasteiger partial charge in [-0.1, -0.05) is 45.2 Å². The van der Waals surface area contributed by atoms with Gasteiger partial charge in [-0.25, -0.2) is 4.68 Å². The summed E-state index contributed by atoms with van der Waals surface area (Å²) in [4.78, 5) is 0. The number of unbranched alkanes of at least 4 members (excludes halogenated alkanes) is 3. The zero-order valence-electron chi connectivity index (χ0n) is 14.3. The Hall–Kier alpha value is -1.88. The van der Waals surface area contributed by atoms with Crippen LogP contribution in [0, 0.1) is 0 Å². The summed E-state index contributed by atoms with van der Waals surface area (Å²) < 4.78 is 7.56. The summed E-state index contributed by atoms with van der Waals surface area (Å²) in [5, 5.41) is 17.6. The summed E-state index contributed by atoms with van der Waals surface area (Å²) in [5.41, 5.74) is 2.51. The van der Waals surface area contributed by atoms with Crippen LogP contribution in [-0.4, -0.2) is 26.7 Å². The molecule has 0 radical (unpaired) electrons. The predicted molar refractivity (Wildman–Crippen MR) is 91.0 cm³/mol. The van der Waals surface area contributed by atoms with Crippen LogP contribution in [0.5, 0.6) is 5.75 Å². The van der Waals surface area contributed by atoms with Gasteiger partial charge in [-0.05, 0) is 36.6 Å². The molecule has 2 rings (SSSR count). The Morgan fingerprint density at radius 3 is 2.48 bits per heavy atom. The molecule has 2 aromatic rings. The second-order valence-corrected chi connectivity index (χ2v) is 6.05. The number of aromatic nitrogens is 3. The molecule has 0 saturated heterocycles. The first-order valence-electron chi connectivity index (χ1n) is 8.46. The molecular weight excluding hydrogens is 290 g/mol. The van der Waals surface area contributed by atoms with Crippen LogP contribution in [0.15, 0.2) is 24.3 Å². The third kappa shape index (κ3) is 4.55. The Morgan fingerprint density at radius 2 is 1.87 bits per heavy atom. The van der Waals surface area contributed by atoms with E-state index in [1.807, 2.05) is 24.3 Å². The first-order chi connectivity index (χ1) is 11.2. The number of aliphatic hydroxyl groups excluding tert-OH is 1. The average molecular weight is 317 g/mol. The molecule has 1 N–H and O–H groups in total. The number of rotatable bonds is 9. The third-order valence-corrected chi connectivity index (χ3v) is 3.82. The molecule has 0 spiro atoms. The van der Waals surface area contributed by atoms with Gasteiger partial charge in [-0.15, -0.1) is 5.10 Å². The fraction of sp³-hybridized carbons (Fsp3) is 0.556. The molecule has 5 nitrogen and oxygen atoms in total. The van der Waals surface area contributed by atoms with Gasteiger partial charge in [0.2, 0.25) is 0 Å². The van der Waals surface area contributed by atoms with Crippen molar-refractivity contribution < 1.29 is 9.84 Å². The summed E-state index contributed by atoms with van der Waals surface area (Å²) in [6.07, 6.45) is 4.81. The zero-order valence-corrected chi connectivity index (χ0v) is 14.3. The second-order valence-electron chi connectivity index (χ2n) is 6.05. The summed E-state index contributed by atoms with van der Waals surface area (Å²) in [6, 6.07) is 7.87. The van der Waals surface area contributed by atoms with Crippen LogP contribution in [0.2, 0.25) is 0 Å². The fourth-order valence-corrected chi connectivity index (χ4v) is 2.60. The van der Waals surface area contributed by atoms with E-state index in [4.69, 9.17) is 4.74 Å². The molecule has 0 unspecified atom stereocenters. The molecule has 1 aromatic carbocycles. The van der Waals surface area contributed by atoms with Crippen molar-refractivity contribution in [3.8, 4) is 11.4 Å². The van der Waals surface area contributed by atoms with Crippen LogP contribution in [0.1, 0.15) is 63.8 Å². The molecule has 0 aliphatic heterocycles. The smallest absolute Gasteiger partial charge is 0.119 e. The minimum atomic E-state index is -0.0908. The van der Waals surface area contributed by atoms with E-state index < -0.39 is 0 Å². The van der Waals surface area contributed by atoms with Crippen molar-refractivity contribution in [1.82, 2.24) is 15.0 Å². The maximum atomic E-state index is 9.39. The van der Waals surface area contributed by atoms with Gasteiger partial charge in [-0.3, -0.25) is 0 Å². The summed E-state index contributed by atoms with van der Waals surface area (Å²) in [7, 11) is 0. The lowest BCUT2D eigenvalue weighted by Crippen LogP contribution is -2.06. The molecule has 0 bridgehead atoms. The molecule has 1 aromatic heterocycles. The molecule has 1 heterocycles. The molecule has 126 valence electrons. The normalized spacial score (nSPS) is 11.2. The van der Waals surface area contributed by atoms with Crippen molar-refractivity contribution in [2.24, 2.45) is 0 Å². The molecule has 0 aliphatic carbocycles. The fourth-order valence-electron chi connectivity index (χ4n) is 2.60. The monoisotopic (exact) mass is 317 g/mol. The van der Waals surface area contributed by atoms with Gasteiger partial charge < -0.3 is 9.84 Å². The minimum absolute atomic E-state index is 0.0908. The predicted octanol–water partition coefficient (Wildman–Crippen LogP) is 3.84. The summed E-state index contributed by atoms with van der Waals surface area (Å²) in [5.74, 6) is 1.11. The highest BCUT2D eigenvalue weighted by molar-refractivity contribution is 5.39. The van der Waals surface area contributed by atoms with E-state index in [2.05, 4.69) is 31.1 Å². The van der Waals surface area contributed by atoms with Crippen molar-refractivity contribution >= 4 is 0 Å². The maximum absolute atomic E-state index is 9.39. The number of nitrogens with zero attached hydrogens (tertiary/aromatic N) is 3. The van der Waals surface area contributed by atoms with E-state index >= 15 is 0 Å². The minimum Gasteiger partial charge on any atom is -0.494 e. The van der Waals surface area contributed by atoms with Crippen molar-refractivity contribution in [3.05, 3.63) is 35.7 Å². The summed E-state index contributed by atoms with van der Waals surface area (Å²) in [6.45, 7) is 7.02. The van der Waals surface area contributed by atoms with Crippen LogP contribution >= 0.6 is 0 Å². The Balaban J connectivity index is 2.04. The highest BCUT2D eigenvalue weighted by atomic mass is 16.5. The molecule has 0 amide bonds. The lowest BCUT2D eigenvalue weighted by Gasteiger charge is -2.11. The van der Waals surface area contributed by atoms with Gasteiger partial charge in [0, 0.05) is 0 Å². The Kier molecular flexibility index (Phi) is 6.59. The topological polar surface area (TPSA) is 60.2 Å². The summed E-state index contributed by atoms with van der Waals surface area (Å²) >= 11 is 0. The third-order valence-electron chi connectivity index (χ3n) is 3.82. The number of hydrogen-bond donors (Lipinski definition) is 1. The lowest BCUT2D eigenvalue weighted by molar-refractivity contribution is 0.275. The van der Waals surface area contributed by atoms with Gasteiger partial charge in [0.15, 0.2) is 0 Å². The van der Waals surface area contributed by atoms with Crippen LogP contribution in [0.25, 0.3) is 5.69 Å². The molecule has 5 heteroatoms. The standard InChI is InChI=1S/C18H27N3O2/c1-4-5-6-7-12-23-16-10-8-15(9-11-16)21-18(14(2)3)17(13-22)19-20-21/h8-11,14,22H,4-7,12-13H2,1-3H3. The Labute approximate surface area is 138 Å². The quantitative estimate of drug-likeness (QED) is 0.714. The average Bonchev–Trinajstić information content (AvgIpc) is 2.99. The Bertz CT molecular complexity index is 591. The lowest BCUT2D eigenvalue weighted by atomic mass is 10.1. The molecular formula is C18H27N3O2. The molecule has 0 saturated carbocycles. The SMILES string of the molecule is CCCCCCOc1ccc(-n2nnc(CO)c2C(C)C)cc1. The number of ether oxygens (including phenoxy) is 1. The first-order valence-corrected chi connectivity index (χ1v) is 8.46. The zero-order chi connectivity index (χ0) is 16.7. The second kappa shape index (κ2) is 8.67. The van der Waals surface area contributed by atoms with Crippen molar-refractivity contribution in [1.29, 1.82) is 0 Å². The number of benzene rings is 1. The maximum Gasteiger partial charge on any atom is 0.119 e. The van der Waals surface area contributed by atoms with E-state index in [0.29, 0.717) is 5.69 Å². The Morgan fingerprint density at radius 1 is 1.13 bits per heavy atom. The van der Waals surface area contributed by atoms with Gasteiger partial charge >= 0.3 is 0 Å². The highest BCUT2D eigenvalue weighted by Gasteiger charge is 2.16. The van der Waals surface area contributed by atoms with Gasteiger partial charge in [-0.2, -0.15) is 0 Å². The molecule has 0 fully saturated rings. The van der Waals surface area contributed by atoms with Crippen molar-refractivity contribution in [2.45, 2.75) is 59.0 Å². The number of hydrogen-bond acceptors (Lipinski definition) is 4. The van der Waals surface area contributed by atoms with E-state index in [1.165, 1.54) is 19.3 Å². The van der Waals surface area contributed by atoms with Crippen molar-refractivity contribution in [2.75, 3.05) is 6.61 Å². The van der Waals surface area contributed by atoms with Crippen LogP contribution in [0.3, 0.4) is 0 Å². The molecule has 23 heavy (non-hydrogen) atoms. The van der Waals surface area contributed by atoms with Crippen molar-refractivity contribution in [3.63, 3.8) is 0 Å². The van der Waals surface area contributed by atoms with E-state index in [-0.39, 0.29) is 12.5 Å². The first kappa shape index (κ1) is 17.5. The van der Waals surface area contributed by atoms with Crippen LogP contribution in [0.4, 0.5) is 0 Å². The molecule has 0 aliphatic rings. The van der Waals surface area contributed by atoms with Crippen LogP contribution in [-0.2, 0) is 6.61 Å². The largest absolute Gasteiger partial charge is 0.494 e. The van der Waals surface area contributed by atoms with E-state index in [0.717, 1.165) is 30.2 Å². The van der Waals surface area contributed by atoms with Gasteiger partial charge in [0.05, 0.1) is 24.6 Å². The highest BCUT2D eigenvalue weighted by Crippen LogP contribution is 2.23. The van der Waals surface area contributed by atoms with Crippen LogP contribution < -0.4 is 4.74 Å². The van der Waals surface area contributed by atoms with Gasteiger partial charge in [0.1, 0.15) is 11.4 Å². The van der Waals surface area contributed by atoms with Gasteiger partial charge in [0.25, 0.3) is 0 Å². The van der Waals surface area contributed by atoms with E-state index in [9.17, 15) is 5.11 Å².